The van der Waals surface area contributed by atoms with Crippen LogP contribution in [0.5, 0.6) is 5.88 Å². The minimum atomic E-state index is -1.26. The Bertz CT molecular complexity index is 374. The number of nitrogens with zero attached hydrogens (tertiary/aromatic N) is 2. The van der Waals surface area contributed by atoms with Gasteiger partial charge in [0.2, 0.25) is 5.88 Å². The zero-order valence-corrected chi connectivity index (χ0v) is 10.7. The average Bonchev–Trinajstić information content (AvgIpc) is 2.25. The van der Waals surface area contributed by atoms with E-state index in [1.807, 2.05) is 26.8 Å². The van der Waals surface area contributed by atoms with Gasteiger partial charge in [-0.25, -0.2) is 4.98 Å². The second kappa shape index (κ2) is 5.32. The molecule has 0 saturated carbocycles. The van der Waals surface area contributed by atoms with Gasteiger partial charge in [0.05, 0.1) is 12.8 Å². The lowest BCUT2D eigenvalue weighted by atomic mass is 10.3. The van der Waals surface area contributed by atoms with Gasteiger partial charge in [0.25, 0.3) is 0 Å². The second-order valence-electron chi connectivity index (χ2n) is 4.20. The van der Waals surface area contributed by atoms with Crippen LogP contribution in [-0.4, -0.2) is 27.6 Å². The van der Waals surface area contributed by atoms with Gasteiger partial charge in [0, 0.05) is 6.07 Å². The van der Waals surface area contributed by atoms with Gasteiger partial charge < -0.3 is 9.29 Å². The molecule has 0 unspecified atom stereocenters. The van der Waals surface area contributed by atoms with Crippen LogP contribution in [-0.2, 0) is 11.4 Å². The molecule has 0 radical (unpaired) electrons. The summed E-state index contributed by atoms with van der Waals surface area (Å²) in [5, 5.41) is 0. The van der Waals surface area contributed by atoms with E-state index in [4.69, 9.17) is 4.74 Å². The van der Waals surface area contributed by atoms with Crippen LogP contribution >= 0.6 is 0 Å². The number of methoxy groups -OCH3 is 1. The fraction of sp³-hybridized carbons (Fsp3) is 0.455. The van der Waals surface area contributed by atoms with E-state index in [0.717, 1.165) is 0 Å². The van der Waals surface area contributed by atoms with Gasteiger partial charge in [-0.15, -0.1) is 0 Å². The fourth-order valence-corrected chi connectivity index (χ4v) is 1.40. The zero-order chi connectivity index (χ0) is 12.2. The summed E-state index contributed by atoms with van der Waals surface area (Å²) in [7, 11) is 1.55. The quantitative estimate of drug-likeness (QED) is 0.599. The maximum atomic E-state index is 11.6. The maximum absolute atomic E-state index is 11.6. The van der Waals surface area contributed by atoms with Crippen LogP contribution in [0.25, 0.3) is 0 Å². The van der Waals surface area contributed by atoms with E-state index in [1.54, 1.807) is 19.2 Å². The molecule has 4 nitrogen and oxygen atoms in total. The first-order chi connectivity index (χ1) is 7.43. The summed E-state index contributed by atoms with van der Waals surface area (Å²) in [6.07, 6.45) is 1.50. The number of rotatable bonds is 3. The first-order valence-corrected chi connectivity index (χ1v) is 6.01. The summed E-state index contributed by atoms with van der Waals surface area (Å²) in [4.78, 5) is 4.14. The summed E-state index contributed by atoms with van der Waals surface area (Å²) in [6.45, 7) is 5.62. The molecule has 0 amide bonds. The van der Waals surface area contributed by atoms with E-state index >= 15 is 0 Å². The smallest absolute Gasteiger partial charge is 0.213 e. The number of ether oxygens (including phenoxy) is 1. The van der Waals surface area contributed by atoms with Gasteiger partial charge >= 0.3 is 0 Å². The molecular weight excluding hydrogens is 224 g/mol. The highest BCUT2D eigenvalue weighted by Gasteiger charge is 2.25. The average molecular weight is 240 g/mol. The van der Waals surface area contributed by atoms with Gasteiger partial charge in [-0.3, -0.25) is 0 Å². The Morgan fingerprint density at radius 1 is 1.44 bits per heavy atom. The second-order valence-corrected chi connectivity index (χ2v) is 6.13. The predicted molar refractivity (Wildman–Crippen MR) is 66.3 cm³/mol. The Morgan fingerprint density at radius 3 is 2.69 bits per heavy atom. The van der Waals surface area contributed by atoms with E-state index in [1.165, 1.54) is 6.21 Å². The predicted octanol–water partition coefficient (Wildman–Crippen LogP) is 1.97. The van der Waals surface area contributed by atoms with Crippen molar-refractivity contribution in [3.63, 3.8) is 0 Å². The van der Waals surface area contributed by atoms with Crippen LogP contribution in [0.4, 0.5) is 0 Å². The lowest BCUT2D eigenvalue weighted by Crippen LogP contribution is -2.25. The third-order valence-electron chi connectivity index (χ3n) is 1.76. The Balaban J connectivity index is 2.76. The van der Waals surface area contributed by atoms with Crippen LogP contribution in [0.1, 0.15) is 26.5 Å². The number of hydrogen-bond donors (Lipinski definition) is 0. The Morgan fingerprint density at radius 2 is 2.12 bits per heavy atom. The summed E-state index contributed by atoms with van der Waals surface area (Å²) >= 11 is -1.26. The molecule has 0 aliphatic rings. The van der Waals surface area contributed by atoms with Crippen molar-refractivity contribution in [3.8, 4) is 5.88 Å². The number of aromatic nitrogens is 1. The fourth-order valence-electron chi connectivity index (χ4n) is 0.876. The van der Waals surface area contributed by atoms with E-state index < -0.39 is 11.4 Å². The summed E-state index contributed by atoms with van der Waals surface area (Å²) in [5.74, 6) is 0.519. The van der Waals surface area contributed by atoms with E-state index in [2.05, 4.69) is 9.38 Å². The molecule has 0 aliphatic heterocycles. The van der Waals surface area contributed by atoms with E-state index in [9.17, 15) is 4.55 Å². The van der Waals surface area contributed by atoms with Crippen LogP contribution in [0.15, 0.2) is 22.6 Å². The van der Waals surface area contributed by atoms with Crippen molar-refractivity contribution >= 4 is 17.6 Å². The minimum Gasteiger partial charge on any atom is -0.591 e. The molecule has 1 aromatic heterocycles. The lowest BCUT2D eigenvalue weighted by molar-refractivity contribution is 0.397. The van der Waals surface area contributed by atoms with Crippen molar-refractivity contribution < 1.29 is 9.29 Å². The first-order valence-electron chi connectivity index (χ1n) is 4.90. The minimum absolute atomic E-state index is 0.352. The molecule has 1 aromatic rings. The molecule has 0 spiro atoms. The number of hydrogen-bond acceptors (Lipinski definition) is 4. The van der Waals surface area contributed by atoms with Crippen molar-refractivity contribution in [1.29, 1.82) is 0 Å². The Labute approximate surface area is 99.1 Å². The van der Waals surface area contributed by atoms with Crippen molar-refractivity contribution in [1.82, 2.24) is 4.98 Å². The van der Waals surface area contributed by atoms with E-state index in [-0.39, 0.29) is 4.75 Å². The summed E-state index contributed by atoms with van der Waals surface area (Å²) in [5.41, 5.74) is 0.636. The van der Waals surface area contributed by atoms with Crippen LogP contribution < -0.4 is 4.74 Å². The molecular formula is C11H16N2O2S. The van der Waals surface area contributed by atoms with Crippen molar-refractivity contribution in [2.75, 3.05) is 7.11 Å². The highest BCUT2D eigenvalue weighted by molar-refractivity contribution is 7.91. The van der Waals surface area contributed by atoms with Crippen molar-refractivity contribution in [3.05, 3.63) is 23.9 Å². The molecule has 0 fully saturated rings. The molecule has 0 aliphatic carbocycles. The Kier molecular flexibility index (Phi) is 4.32. The van der Waals surface area contributed by atoms with Gasteiger partial charge in [0.1, 0.15) is 22.3 Å². The standard InChI is InChI=1S/C11H16N2O2S/c1-11(2,3)16(14)12-8-9-6-5-7-10(13-9)15-4/h5-8H,1-4H3/t16-/m1/s1. The largest absolute Gasteiger partial charge is 0.591 e. The monoisotopic (exact) mass is 240 g/mol. The maximum Gasteiger partial charge on any atom is 0.213 e. The molecule has 0 bridgehead atoms. The van der Waals surface area contributed by atoms with Crippen LogP contribution in [0.2, 0.25) is 0 Å². The molecule has 88 valence electrons. The van der Waals surface area contributed by atoms with Gasteiger partial charge in [-0.1, -0.05) is 10.5 Å². The lowest BCUT2D eigenvalue weighted by Gasteiger charge is -2.17. The summed E-state index contributed by atoms with van der Waals surface area (Å²) in [6, 6.07) is 5.34. The molecule has 0 saturated heterocycles. The molecule has 1 atom stereocenters. The normalized spacial score (nSPS) is 14.1. The first kappa shape index (κ1) is 13.0. The molecule has 16 heavy (non-hydrogen) atoms. The van der Waals surface area contributed by atoms with Crippen molar-refractivity contribution in [2.45, 2.75) is 25.5 Å². The molecule has 1 rings (SSSR count). The van der Waals surface area contributed by atoms with E-state index in [0.29, 0.717) is 11.6 Å². The van der Waals surface area contributed by atoms with Crippen LogP contribution in [0, 0.1) is 0 Å². The summed E-state index contributed by atoms with van der Waals surface area (Å²) < 4.78 is 20.2. The Hall–Kier alpha value is -1.07. The SMILES string of the molecule is COc1cccc(C=N[S@+]([O-])C(C)(C)C)n1. The third kappa shape index (κ3) is 3.83. The van der Waals surface area contributed by atoms with Gasteiger partial charge in [-0.05, 0) is 26.8 Å². The van der Waals surface area contributed by atoms with Gasteiger partial charge in [0.15, 0.2) is 0 Å². The molecule has 0 aromatic carbocycles. The molecule has 5 heteroatoms. The third-order valence-corrected chi connectivity index (χ3v) is 3.10. The highest BCUT2D eigenvalue weighted by Crippen LogP contribution is 2.16. The highest BCUT2D eigenvalue weighted by atomic mass is 32.2. The van der Waals surface area contributed by atoms with Crippen molar-refractivity contribution in [2.24, 2.45) is 4.40 Å². The molecule has 1 heterocycles. The zero-order valence-electron chi connectivity index (χ0n) is 9.93. The topological polar surface area (TPSA) is 57.5 Å². The molecule has 0 N–H and O–H groups in total. The number of pyridine rings is 1. The van der Waals surface area contributed by atoms with Gasteiger partial charge in [-0.2, -0.15) is 0 Å². The van der Waals surface area contributed by atoms with Crippen LogP contribution in [0.3, 0.4) is 0 Å².